The van der Waals surface area contributed by atoms with Crippen LogP contribution in [0.1, 0.15) is 59.8 Å². The molecule has 0 bridgehead atoms. The highest BCUT2D eigenvalue weighted by atomic mass is 16.7. The lowest BCUT2D eigenvalue weighted by Crippen LogP contribution is -2.59. The van der Waals surface area contributed by atoms with E-state index in [2.05, 4.69) is 0 Å². The predicted molar refractivity (Wildman–Crippen MR) is 130 cm³/mol. The fourth-order valence-corrected chi connectivity index (χ4v) is 9.47. The van der Waals surface area contributed by atoms with E-state index in [1.807, 2.05) is 26.8 Å². The fourth-order valence-electron chi connectivity index (χ4n) is 9.47. The molecule has 36 heavy (non-hydrogen) atoms. The summed E-state index contributed by atoms with van der Waals surface area (Å²) in [5, 5.41) is 22.9. The van der Waals surface area contributed by atoms with Gasteiger partial charge in [-0.15, -0.1) is 0 Å². The molecule has 0 aromatic rings. The first-order valence-electron chi connectivity index (χ1n) is 13.4. The van der Waals surface area contributed by atoms with E-state index in [0.717, 1.165) is 24.0 Å². The maximum atomic E-state index is 13.3. The number of fused-ring (bicyclic) bond motifs is 4. The van der Waals surface area contributed by atoms with Crippen molar-refractivity contribution in [2.24, 2.45) is 34.5 Å². The Morgan fingerprint density at radius 3 is 2.58 bits per heavy atom. The predicted octanol–water partition coefficient (Wildman–Crippen LogP) is 3.25. The van der Waals surface area contributed by atoms with Crippen molar-refractivity contribution >= 4 is 11.8 Å². The smallest absolute Gasteiger partial charge is 0.334 e. The molecule has 0 aromatic carbocycles. The number of cyclic esters (lactones) is 1. The van der Waals surface area contributed by atoms with Crippen LogP contribution in [-0.2, 0) is 23.8 Å². The van der Waals surface area contributed by atoms with Crippen molar-refractivity contribution in [2.45, 2.75) is 90.0 Å². The molecule has 2 N–H and O–H groups in total. The standard InChI is InChI=1S/C29H38O7/c1-14-11-23(35-25(33)15(14)2)28(4)21-13-20(31)24-16-12-19(30)18-7-6-8-22(32)27(18,3)17(16)9-10-29(21,24)26(34-5)36-28/h6-8,16-17,19-21,23-24,26,30-31H,9-13H2,1-5H3. The number of rotatable bonds is 2. The number of esters is 1. The average Bonchev–Trinajstić information content (AvgIpc) is 3.27. The normalized spacial score (nSPS) is 51.8. The van der Waals surface area contributed by atoms with Gasteiger partial charge in [-0.1, -0.05) is 17.7 Å². The first-order valence-corrected chi connectivity index (χ1v) is 13.4. The third-order valence-corrected chi connectivity index (χ3v) is 11.3. The SMILES string of the molecule is COC1OC(C)(C2CC(C)=C(C)C(=O)O2)C2CC(O)C3C4CC(O)C5=CC=CC(=O)C5(C)C4CCC132. The molecule has 6 aliphatic rings. The van der Waals surface area contributed by atoms with Gasteiger partial charge in [0.15, 0.2) is 12.1 Å². The summed E-state index contributed by atoms with van der Waals surface area (Å²) in [6.45, 7) is 7.75. The van der Waals surface area contributed by atoms with E-state index in [9.17, 15) is 19.8 Å². The summed E-state index contributed by atoms with van der Waals surface area (Å²) in [6, 6.07) is 0. The van der Waals surface area contributed by atoms with Crippen molar-refractivity contribution in [3.05, 3.63) is 34.9 Å². The van der Waals surface area contributed by atoms with Crippen LogP contribution in [0.4, 0.5) is 0 Å². The minimum absolute atomic E-state index is 0.0262. The van der Waals surface area contributed by atoms with Gasteiger partial charge in [-0.2, -0.15) is 0 Å². The van der Waals surface area contributed by atoms with Crippen molar-refractivity contribution in [3.63, 3.8) is 0 Å². The molecule has 0 aromatic heterocycles. The molecular weight excluding hydrogens is 460 g/mol. The second kappa shape index (κ2) is 7.85. The molecular formula is C29H38O7. The zero-order valence-electron chi connectivity index (χ0n) is 21.8. The number of hydrogen-bond acceptors (Lipinski definition) is 7. The highest BCUT2D eigenvalue weighted by molar-refractivity contribution is 5.99. The zero-order valence-corrected chi connectivity index (χ0v) is 21.8. The number of carbonyl (C=O) groups excluding carboxylic acids is 2. The summed E-state index contributed by atoms with van der Waals surface area (Å²) in [6.07, 6.45) is 6.06. The third kappa shape index (κ3) is 2.83. The van der Waals surface area contributed by atoms with Crippen molar-refractivity contribution in [1.29, 1.82) is 0 Å². The Morgan fingerprint density at radius 2 is 1.89 bits per heavy atom. The molecule has 7 heteroatoms. The van der Waals surface area contributed by atoms with E-state index < -0.39 is 41.0 Å². The van der Waals surface area contributed by atoms with Crippen molar-refractivity contribution in [1.82, 2.24) is 0 Å². The maximum Gasteiger partial charge on any atom is 0.334 e. The summed E-state index contributed by atoms with van der Waals surface area (Å²) in [5.74, 6) is -0.558. The molecule has 0 radical (unpaired) electrons. The molecule has 1 saturated heterocycles. The van der Waals surface area contributed by atoms with Crippen molar-refractivity contribution in [2.75, 3.05) is 7.11 Å². The first-order chi connectivity index (χ1) is 17.0. The Hall–Kier alpha value is -1.80. The largest absolute Gasteiger partial charge is 0.456 e. The second-order valence-corrected chi connectivity index (χ2v) is 12.5. The van der Waals surface area contributed by atoms with E-state index in [0.29, 0.717) is 24.8 Å². The summed E-state index contributed by atoms with van der Waals surface area (Å²) in [4.78, 5) is 25.9. The number of ether oxygens (including phenoxy) is 3. The fraction of sp³-hybridized carbons (Fsp3) is 0.724. The number of aliphatic hydroxyl groups excluding tert-OH is 2. The van der Waals surface area contributed by atoms with Gasteiger partial charge in [0, 0.05) is 30.4 Å². The zero-order chi connectivity index (χ0) is 25.8. The summed E-state index contributed by atoms with van der Waals surface area (Å²) < 4.78 is 18.7. The van der Waals surface area contributed by atoms with Crippen LogP contribution in [0.5, 0.6) is 0 Å². The molecule has 2 heterocycles. The van der Waals surface area contributed by atoms with Crippen LogP contribution in [0, 0.1) is 34.5 Å². The Kier molecular flexibility index (Phi) is 5.35. The lowest BCUT2D eigenvalue weighted by Gasteiger charge is -2.58. The van der Waals surface area contributed by atoms with Crippen molar-refractivity contribution in [3.8, 4) is 0 Å². The Labute approximate surface area is 212 Å². The van der Waals surface area contributed by atoms with Crippen LogP contribution in [0.15, 0.2) is 34.9 Å². The monoisotopic (exact) mass is 498 g/mol. The molecule has 6 rings (SSSR count). The Bertz CT molecular complexity index is 1100. The molecule has 7 nitrogen and oxygen atoms in total. The van der Waals surface area contributed by atoms with Crippen LogP contribution in [0.3, 0.4) is 0 Å². The molecule has 196 valence electrons. The minimum Gasteiger partial charge on any atom is -0.456 e. The quantitative estimate of drug-likeness (QED) is 0.564. The van der Waals surface area contributed by atoms with E-state index >= 15 is 0 Å². The highest BCUT2D eigenvalue weighted by Crippen LogP contribution is 2.72. The molecule has 3 saturated carbocycles. The lowest BCUT2D eigenvalue weighted by atomic mass is 9.45. The number of aliphatic hydroxyl groups is 2. The molecule has 2 aliphatic heterocycles. The van der Waals surface area contributed by atoms with E-state index in [4.69, 9.17) is 14.2 Å². The Balaban J connectivity index is 1.41. The van der Waals surface area contributed by atoms with Gasteiger partial charge in [0.25, 0.3) is 0 Å². The van der Waals surface area contributed by atoms with Crippen LogP contribution in [0.25, 0.3) is 0 Å². The second-order valence-electron chi connectivity index (χ2n) is 12.5. The van der Waals surface area contributed by atoms with Crippen LogP contribution in [0.2, 0.25) is 0 Å². The van der Waals surface area contributed by atoms with Crippen LogP contribution in [-0.4, -0.2) is 59.3 Å². The molecule has 4 aliphatic carbocycles. The third-order valence-electron chi connectivity index (χ3n) is 11.3. The van der Waals surface area contributed by atoms with Crippen LogP contribution < -0.4 is 0 Å². The van der Waals surface area contributed by atoms with Gasteiger partial charge in [0.05, 0.1) is 17.6 Å². The number of carbonyl (C=O) groups is 2. The van der Waals surface area contributed by atoms with Gasteiger partial charge in [0.2, 0.25) is 0 Å². The molecule has 1 spiro atoms. The Morgan fingerprint density at radius 1 is 1.14 bits per heavy atom. The van der Waals surface area contributed by atoms with Gasteiger partial charge in [-0.05, 0) is 82.8 Å². The van der Waals surface area contributed by atoms with E-state index in [-0.39, 0.29) is 35.4 Å². The van der Waals surface area contributed by atoms with Gasteiger partial charge in [0.1, 0.15) is 11.7 Å². The number of methoxy groups -OCH3 is 1. The van der Waals surface area contributed by atoms with Gasteiger partial charge < -0.3 is 24.4 Å². The van der Waals surface area contributed by atoms with Crippen molar-refractivity contribution < 1.29 is 34.0 Å². The first kappa shape index (κ1) is 24.5. The molecule has 4 fully saturated rings. The van der Waals surface area contributed by atoms with E-state index in [1.54, 1.807) is 26.2 Å². The van der Waals surface area contributed by atoms with Gasteiger partial charge in [-0.25, -0.2) is 4.79 Å². The lowest BCUT2D eigenvalue weighted by molar-refractivity contribution is -0.234. The van der Waals surface area contributed by atoms with E-state index in [1.165, 1.54) is 0 Å². The maximum absolute atomic E-state index is 13.3. The molecule has 11 unspecified atom stereocenters. The number of hydrogen-bond donors (Lipinski definition) is 2. The molecule has 11 atom stereocenters. The number of allylic oxidation sites excluding steroid dienone is 3. The highest BCUT2D eigenvalue weighted by Gasteiger charge is 2.76. The van der Waals surface area contributed by atoms with Gasteiger partial charge >= 0.3 is 5.97 Å². The van der Waals surface area contributed by atoms with Crippen LogP contribution >= 0.6 is 0 Å². The summed E-state index contributed by atoms with van der Waals surface area (Å²) in [5.41, 5.74) is 0.397. The summed E-state index contributed by atoms with van der Waals surface area (Å²) in [7, 11) is 1.64. The average molecular weight is 499 g/mol. The summed E-state index contributed by atoms with van der Waals surface area (Å²) >= 11 is 0. The molecule has 0 amide bonds. The minimum atomic E-state index is -0.813. The van der Waals surface area contributed by atoms with Gasteiger partial charge in [-0.3, -0.25) is 4.79 Å². The number of ketones is 1. The topological polar surface area (TPSA) is 102 Å².